The number of fused-ring (bicyclic) bond motifs is 6. The first-order valence-electron chi connectivity index (χ1n) is 20.1. The van der Waals surface area contributed by atoms with Gasteiger partial charge >= 0.3 is 0 Å². The number of nitrogens with zero attached hydrogens (tertiary/aromatic N) is 6. The van der Waals surface area contributed by atoms with Crippen molar-refractivity contribution in [2.75, 3.05) is 0 Å². The Morgan fingerprint density at radius 3 is 1.18 bits per heavy atom. The maximum atomic E-state index is 5.82. The number of rotatable bonds is 2. The molecular formula is C50H42N6O6. The zero-order chi connectivity index (χ0) is 43.1. The molecule has 12 nitrogen and oxygen atoms in total. The third-order valence-corrected chi connectivity index (χ3v) is 9.91. The fourth-order valence-electron chi connectivity index (χ4n) is 6.87. The molecule has 0 bridgehead atoms. The summed E-state index contributed by atoms with van der Waals surface area (Å²) in [4.78, 5) is 26.0. The minimum Gasteiger partial charge on any atom is -0.441 e. The first-order valence-corrected chi connectivity index (χ1v) is 20.1. The maximum absolute atomic E-state index is 5.82. The Morgan fingerprint density at radius 2 is 0.613 bits per heavy atom. The fraction of sp³-hybridized carbons (Fsp3) is 0.160. The molecule has 0 spiro atoms. The molecule has 0 N–H and O–H groups in total. The van der Waals surface area contributed by atoms with Crippen LogP contribution in [0.1, 0.15) is 45.8 Å². The molecule has 0 aliphatic carbocycles. The van der Waals surface area contributed by atoms with Gasteiger partial charge in [-0.3, -0.25) is 0 Å². The average molecular weight is 823 g/mol. The third kappa shape index (κ3) is 8.57. The predicted octanol–water partition coefficient (Wildman–Crippen LogP) is 13.4. The number of aromatic nitrogens is 6. The maximum Gasteiger partial charge on any atom is 0.227 e. The third-order valence-electron chi connectivity index (χ3n) is 9.91. The van der Waals surface area contributed by atoms with Gasteiger partial charge in [-0.15, -0.1) is 0 Å². The number of hydrogen-bond donors (Lipinski definition) is 0. The van der Waals surface area contributed by atoms with E-state index in [1.54, 1.807) is 0 Å². The Labute approximate surface area is 355 Å². The van der Waals surface area contributed by atoms with Crippen molar-refractivity contribution in [2.24, 2.45) is 0 Å². The molecule has 12 rings (SSSR count). The molecule has 6 aromatic heterocycles. The Hall–Kier alpha value is -7.86. The molecule has 0 radical (unpaired) electrons. The van der Waals surface area contributed by atoms with Crippen LogP contribution < -0.4 is 0 Å². The van der Waals surface area contributed by atoms with Crippen molar-refractivity contribution in [3.05, 3.63) is 155 Å². The Bertz CT molecular complexity index is 3170. The summed E-state index contributed by atoms with van der Waals surface area (Å²) in [5.41, 5.74) is 16.5. The summed E-state index contributed by atoms with van der Waals surface area (Å²) >= 11 is 0. The molecule has 12 aromatic rings. The molecule has 0 atom stereocenters. The van der Waals surface area contributed by atoms with Crippen molar-refractivity contribution in [3.8, 4) is 22.9 Å². The van der Waals surface area contributed by atoms with Crippen molar-refractivity contribution >= 4 is 66.6 Å². The molecule has 0 aliphatic heterocycles. The molecule has 6 aromatic carbocycles. The Morgan fingerprint density at radius 1 is 0.258 bits per heavy atom. The van der Waals surface area contributed by atoms with Gasteiger partial charge in [0.1, 0.15) is 33.1 Å². The van der Waals surface area contributed by atoms with Crippen LogP contribution in [0.5, 0.6) is 0 Å². The van der Waals surface area contributed by atoms with E-state index in [0.717, 1.165) is 83.9 Å². The van der Waals surface area contributed by atoms with Gasteiger partial charge in [0.25, 0.3) is 0 Å². The van der Waals surface area contributed by atoms with Crippen LogP contribution in [0.3, 0.4) is 0 Å². The van der Waals surface area contributed by atoms with E-state index in [4.69, 9.17) is 26.5 Å². The molecule has 308 valence electrons. The minimum absolute atomic E-state index is 0.615. The lowest BCUT2D eigenvalue weighted by molar-refractivity contribution is 0.559. The summed E-state index contributed by atoms with van der Waals surface area (Å²) in [7, 11) is 0. The highest BCUT2D eigenvalue weighted by atomic mass is 16.4. The van der Waals surface area contributed by atoms with Crippen LogP contribution in [-0.2, 0) is 0 Å². The summed E-state index contributed by atoms with van der Waals surface area (Å²) in [5, 5.41) is 0. The van der Waals surface area contributed by atoms with E-state index in [9.17, 15) is 0 Å². The highest BCUT2D eigenvalue weighted by Crippen LogP contribution is 2.30. The highest BCUT2D eigenvalue weighted by Gasteiger charge is 2.14. The van der Waals surface area contributed by atoms with E-state index in [0.29, 0.717) is 29.1 Å². The lowest BCUT2D eigenvalue weighted by atomic mass is 10.1. The van der Waals surface area contributed by atoms with E-state index in [1.807, 2.05) is 151 Å². The predicted molar refractivity (Wildman–Crippen MR) is 240 cm³/mol. The SMILES string of the molecule is Cc1ccc(-c2nc3cc4nc(C)oc4cc3o2)cc1.Cc1ccc(-c2nc3cc4oc(C)nc4cc3o2)cc1.Cc1ccc2nc(C)oc2c1.Cc1ccc2oc(C)nc2c1. The average Bonchev–Trinajstić information content (AvgIpc) is 4.10. The van der Waals surface area contributed by atoms with Gasteiger partial charge in [0, 0.05) is 57.0 Å². The van der Waals surface area contributed by atoms with Crippen LogP contribution in [0.25, 0.3) is 89.5 Å². The van der Waals surface area contributed by atoms with Gasteiger partial charge in [0.05, 0.1) is 0 Å². The van der Waals surface area contributed by atoms with Crippen molar-refractivity contribution in [1.82, 2.24) is 29.9 Å². The smallest absolute Gasteiger partial charge is 0.227 e. The Kier molecular flexibility index (Phi) is 10.4. The first-order chi connectivity index (χ1) is 29.9. The van der Waals surface area contributed by atoms with Gasteiger partial charge in [-0.1, -0.05) is 47.5 Å². The molecule has 0 amide bonds. The highest BCUT2D eigenvalue weighted by molar-refractivity contribution is 5.91. The normalized spacial score (nSPS) is 11.2. The standard InChI is InChI=1S/2C16H12N2O2.2C9H9NO/c1-9-3-5-11(6-4-9)16-18-13-8-14-12(7-15(13)20-16)17-10(2)19-14;1-9-3-5-11(6-4-9)16-18-13-7-12-14(8-15(13)20-16)19-10(2)17-12;1-6-3-4-9-8(5-6)10-7(2)11-9;1-6-3-4-8-9(5-6)11-7(2)10-8/h2*3-8H,1-2H3;2*3-5H,1-2H3. The molecule has 12 heteroatoms. The molecule has 0 fully saturated rings. The van der Waals surface area contributed by atoms with E-state index < -0.39 is 0 Å². The van der Waals surface area contributed by atoms with Gasteiger partial charge in [-0.2, -0.15) is 0 Å². The van der Waals surface area contributed by atoms with Gasteiger partial charge in [0.15, 0.2) is 57.1 Å². The van der Waals surface area contributed by atoms with Crippen LogP contribution >= 0.6 is 0 Å². The van der Waals surface area contributed by atoms with Crippen LogP contribution in [0.15, 0.2) is 136 Å². The molecular weight excluding hydrogens is 781 g/mol. The van der Waals surface area contributed by atoms with Gasteiger partial charge < -0.3 is 26.5 Å². The van der Waals surface area contributed by atoms with Crippen LogP contribution in [0, 0.1) is 55.4 Å². The summed E-state index contributed by atoms with van der Waals surface area (Å²) in [5.74, 6) is 3.97. The summed E-state index contributed by atoms with van der Waals surface area (Å²) < 4.78 is 33.3. The van der Waals surface area contributed by atoms with E-state index in [1.165, 1.54) is 22.3 Å². The zero-order valence-corrected chi connectivity index (χ0v) is 35.5. The van der Waals surface area contributed by atoms with Gasteiger partial charge in [-0.05, 0) is 93.4 Å². The second kappa shape index (κ2) is 16.3. The second-order valence-corrected chi connectivity index (χ2v) is 15.2. The number of hydrogen-bond acceptors (Lipinski definition) is 12. The first kappa shape index (κ1) is 39.6. The van der Waals surface area contributed by atoms with Crippen molar-refractivity contribution in [2.45, 2.75) is 55.4 Å². The topological polar surface area (TPSA) is 156 Å². The number of benzene rings is 6. The van der Waals surface area contributed by atoms with E-state index in [-0.39, 0.29) is 0 Å². The van der Waals surface area contributed by atoms with Crippen LogP contribution in [0.4, 0.5) is 0 Å². The fourth-order valence-corrected chi connectivity index (χ4v) is 6.87. The van der Waals surface area contributed by atoms with Crippen LogP contribution in [0.2, 0.25) is 0 Å². The van der Waals surface area contributed by atoms with Crippen LogP contribution in [-0.4, -0.2) is 29.9 Å². The molecule has 0 saturated carbocycles. The monoisotopic (exact) mass is 822 g/mol. The molecule has 0 unspecified atom stereocenters. The van der Waals surface area contributed by atoms with Crippen molar-refractivity contribution in [1.29, 1.82) is 0 Å². The zero-order valence-electron chi connectivity index (χ0n) is 35.5. The lowest BCUT2D eigenvalue weighted by Gasteiger charge is -1.95. The number of aryl methyl sites for hydroxylation is 8. The summed E-state index contributed by atoms with van der Waals surface area (Å²) in [6.45, 7) is 15.6. The number of oxazole rings is 6. The second-order valence-electron chi connectivity index (χ2n) is 15.2. The molecule has 0 aliphatic rings. The summed E-state index contributed by atoms with van der Waals surface area (Å²) in [6.07, 6.45) is 0. The molecule has 62 heavy (non-hydrogen) atoms. The quantitative estimate of drug-likeness (QED) is 0.163. The molecule has 6 heterocycles. The summed E-state index contributed by atoms with van der Waals surface area (Å²) in [6, 6.07) is 35.7. The lowest BCUT2D eigenvalue weighted by Crippen LogP contribution is -1.77. The van der Waals surface area contributed by atoms with E-state index >= 15 is 0 Å². The van der Waals surface area contributed by atoms with Crippen molar-refractivity contribution < 1.29 is 26.5 Å². The van der Waals surface area contributed by atoms with E-state index in [2.05, 4.69) is 43.8 Å². The minimum atomic E-state index is 0.615. The molecule has 0 saturated heterocycles. The largest absolute Gasteiger partial charge is 0.441 e. The van der Waals surface area contributed by atoms with Crippen molar-refractivity contribution in [3.63, 3.8) is 0 Å². The van der Waals surface area contributed by atoms with Gasteiger partial charge in [0.2, 0.25) is 11.8 Å². The Balaban J connectivity index is 0.000000110. The van der Waals surface area contributed by atoms with Gasteiger partial charge in [-0.25, -0.2) is 29.9 Å².